The van der Waals surface area contributed by atoms with E-state index < -0.39 is 23.8 Å². The molecule has 0 aliphatic carbocycles. The molecule has 1 aliphatic heterocycles. The van der Waals surface area contributed by atoms with Gasteiger partial charge in [0.1, 0.15) is 6.04 Å². The smallest absolute Gasteiger partial charge is 0.320 e. The molecular formula is C14H16N2O4. The van der Waals surface area contributed by atoms with Crippen molar-refractivity contribution in [2.75, 3.05) is 6.67 Å². The van der Waals surface area contributed by atoms with Crippen LogP contribution in [-0.4, -0.2) is 40.5 Å². The van der Waals surface area contributed by atoms with E-state index >= 15 is 0 Å². The van der Waals surface area contributed by atoms with Gasteiger partial charge in [-0.25, -0.2) is 0 Å². The maximum atomic E-state index is 12.1. The summed E-state index contributed by atoms with van der Waals surface area (Å²) < 4.78 is 0. The molecule has 2 N–H and O–H groups in total. The highest BCUT2D eigenvalue weighted by molar-refractivity contribution is 6.21. The van der Waals surface area contributed by atoms with Gasteiger partial charge >= 0.3 is 5.97 Å². The van der Waals surface area contributed by atoms with Crippen molar-refractivity contribution in [3.63, 3.8) is 0 Å². The predicted molar refractivity (Wildman–Crippen MR) is 71.3 cm³/mol. The first-order valence-electron chi connectivity index (χ1n) is 6.47. The van der Waals surface area contributed by atoms with E-state index in [0.717, 1.165) is 4.90 Å². The van der Waals surface area contributed by atoms with Crippen molar-refractivity contribution in [2.24, 2.45) is 0 Å². The molecule has 1 aromatic carbocycles. The number of carbonyl (C=O) groups excluding carboxylic acids is 2. The third-order valence-corrected chi connectivity index (χ3v) is 3.25. The second kappa shape index (κ2) is 5.83. The van der Waals surface area contributed by atoms with Crippen molar-refractivity contribution in [2.45, 2.75) is 25.8 Å². The zero-order chi connectivity index (χ0) is 14.7. The Bertz CT molecular complexity index is 521. The van der Waals surface area contributed by atoms with Gasteiger partial charge in [0.05, 0.1) is 17.8 Å². The average molecular weight is 276 g/mol. The molecule has 1 heterocycles. The van der Waals surface area contributed by atoms with Crippen LogP contribution in [-0.2, 0) is 4.79 Å². The van der Waals surface area contributed by atoms with E-state index in [4.69, 9.17) is 5.11 Å². The van der Waals surface area contributed by atoms with Crippen molar-refractivity contribution in [3.05, 3.63) is 35.4 Å². The Balaban J connectivity index is 2.07. The molecule has 0 fully saturated rings. The van der Waals surface area contributed by atoms with Crippen LogP contribution in [0, 0.1) is 0 Å². The fourth-order valence-electron chi connectivity index (χ4n) is 2.19. The minimum atomic E-state index is -0.983. The fourth-order valence-corrected chi connectivity index (χ4v) is 2.19. The summed E-state index contributed by atoms with van der Waals surface area (Å²) >= 11 is 0. The van der Waals surface area contributed by atoms with Crippen molar-refractivity contribution in [1.29, 1.82) is 0 Å². The number of rotatable bonds is 6. The van der Waals surface area contributed by atoms with Gasteiger partial charge in [0, 0.05) is 0 Å². The molecule has 106 valence electrons. The Kier molecular flexibility index (Phi) is 4.14. The van der Waals surface area contributed by atoms with Gasteiger partial charge in [0.25, 0.3) is 11.8 Å². The summed E-state index contributed by atoms with van der Waals surface area (Å²) in [5.41, 5.74) is 0.725. The molecule has 6 nitrogen and oxygen atoms in total. The molecule has 0 saturated heterocycles. The molecule has 1 aromatic rings. The number of nitrogens with one attached hydrogen (secondary N) is 1. The third kappa shape index (κ3) is 2.55. The minimum absolute atomic E-state index is 0.0939. The van der Waals surface area contributed by atoms with Crippen molar-refractivity contribution >= 4 is 17.8 Å². The van der Waals surface area contributed by atoms with E-state index in [0.29, 0.717) is 24.0 Å². The van der Waals surface area contributed by atoms with E-state index in [1.807, 2.05) is 6.92 Å². The van der Waals surface area contributed by atoms with Gasteiger partial charge in [-0.2, -0.15) is 0 Å². The molecule has 2 amide bonds. The SMILES string of the molecule is CCCC(NCN1C(=O)c2ccccc2C1=O)C(=O)O. The fraction of sp³-hybridized carbons (Fsp3) is 0.357. The zero-order valence-corrected chi connectivity index (χ0v) is 11.1. The molecule has 0 radical (unpaired) electrons. The van der Waals surface area contributed by atoms with Gasteiger partial charge in [-0.1, -0.05) is 25.5 Å². The molecular weight excluding hydrogens is 260 g/mol. The van der Waals surface area contributed by atoms with Crippen LogP contribution in [0.5, 0.6) is 0 Å². The molecule has 0 spiro atoms. The van der Waals surface area contributed by atoms with Crippen LogP contribution in [0.1, 0.15) is 40.5 Å². The first-order chi connectivity index (χ1) is 9.56. The minimum Gasteiger partial charge on any atom is -0.480 e. The summed E-state index contributed by atoms with van der Waals surface area (Å²) in [7, 11) is 0. The molecule has 1 unspecified atom stereocenters. The first-order valence-corrected chi connectivity index (χ1v) is 6.47. The Labute approximate surface area is 116 Å². The first kappa shape index (κ1) is 14.2. The topological polar surface area (TPSA) is 86.7 Å². The number of hydrogen-bond donors (Lipinski definition) is 2. The summed E-state index contributed by atoms with van der Waals surface area (Å²) in [5, 5.41) is 11.8. The lowest BCUT2D eigenvalue weighted by Crippen LogP contribution is -2.45. The molecule has 2 rings (SSSR count). The maximum absolute atomic E-state index is 12.1. The molecule has 0 aromatic heterocycles. The van der Waals surface area contributed by atoms with Crippen molar-refractivity contribution in [1.82, 2.24) is 10.2 Å². The third-order valence-electron chi connectivity index (χ3n) is 3.25. The number of nitrogens with zero attached hydrogens (tertiary/aromatic N) is 1. The van der Waals surface area contributed by atoms with Crippen LogP contribution in [0.3, 0.4) is 0 Å². The highest BCUT2D eigenvalue weighted by Crippen LogP contribution is 2.21. The van der Waals surface area contributed by atoms with Gasteiger partial charge in [-0.15, -0.1) is 0 Å². The van der Waals surface area contributed by atoms with E-state index in [2.05, 4.69) is 5.32 Å². The van der Waals surface area contributed by atoms with E-state index in [1.165, 1.54) is 0 Å². The predicted octanol–water partition coefficient (Wildman–Crippen LogP) is 1.08. The van der Waals surface area contributed by atoms with Gasteiger partial charge < -0.3 is 5.11 Å². The number of benzene rings is 1. The lowest BCUT2D eigenvalue weighted by Gasteiger charge is -2.19. The highest BCUT2D eigenvalue weighted by atomic mass is 16.4. The molecule has 1 atom stereocenters. The molecule has 0 saturated carbocycles. The Morgan fingerprint density at radius 1 is 1.25 bits per heavy atom. The van der Waals surface area contributed by atoms with Gasteiger partial charge in [-0.3, -0.25) is 24.6 Å². The average Bonchev–Trinajstić information content (AvgIpc) is 2.68. The quantitative estimate of drug-likeness (QED) is 0.759. The summed E-state index contributed by atoms with van der Waals surface area (Å²) in [6.45, 7) is 1.78. The second-order valence-electron chi connectivity index (χ2n) is 4.63. The zero-order valence-electron chi connectivity index (χ0n) is 11.1. The maximum Gasteiger partial charge on any atom is 0.320 e. The molecule has 6 heteroatoms. The van der Waals surface area contributed by atoms with E-state index in [-0.39, 0.29) is 6.67 Å². The van der Waals surface area contributed by atoms with Crippen molar-refractivity contribution < 1.29 is 19.5 Å². The largest absolute Gasteiger partial charge is 0.480 e. The summed E-state index contributed by atoms with van der Waals surface area (Å²) in [4.78, 5) is 36.2. The van der Waals surface area contributed by atoms with Gasteiger partial charge in [0.2, 0.25) is 0 Å². The number of carbonyl (C=O) groups is 3. The van der Waals surface area contributed by atoms with Crippen LogP contribution in [0.15, 0.2) is 24.3 Å². The molecule has 20 heavy (non-hydrogen) atoms. The number of aliphatic carboxylic acids is 1. The normalized spacial score (nSPS) is 15.3. The lowest BCUT2D eigenvalue weighted by molar-refractivity contribution is -0.139. The Morgan fingerprint density at radius 2 is 1.80 bits per heavy atom. The van der Waals surface area contributed by atoms with Crippen LogP contribution >= 0.6 is 0 Å². The Morgan fingerprint density at radius 3 is 2.25 bits per heavy atom. The number of hydrogen-bond acceptors (Lipinski definition) is 4. The Hall–Kier alpha value is -2.21. The monoisotopic (exact) mass is 276 g/mol. The summed E-state index contributed by atoms with van der Waals surface area (Å²) in [5.74, 6) is -1.76. The van der Waals surface area contributed by atoms with Crippen LogP contribution in [0.4, 0.5) is 0 Å². The van der Waals surface area contributed by atoms with Gasteiger partial charge in [-0.05, 0) is 18.6 Å². The van der Waals surface area contributed by atoms with Crippen LogP contribution in [0.25, 0.3) is 0 Å². The summed E-state index contributed by atoms with van der Waals surface area (Å²) in [6, 6.07) is 5.81. The number of carboxylic acids is 1. The number of imide groups is 1. The number of carboxylic acid groups (broad SMARTS) is 1. The van der Waals surface area contributed by atoms with Gasteiger partial charge in [0.15, 0.2) is 0 Å². The lowest BCUT2D eigenvalue weighted by atomic mass is 10.1. The molecule has 0 bridgehead atoms. The number of amides is 2. The molecule has 1 aliphatic rings. The van der Waals surface area contributed by atoms with Crippen molar-refractivity contribution in [3.8, 4) is 0 Å². The standard InChI is InChI=1S/C14H16N2O4/c1-2-5-11(14(19)20)15-8-16-12(17)9-6-3-4-7-10(9)13(16)18/h3-4,6-7,11,15H,2,5,8H2,1H3,(H,19,20). The van der Waals surface area contributed by atoms with Crippen LogP contribution < -0.4 is 5.32 Å². The highest BCUT2D eigenvalue weighted by Gasteiger charge is 2.35. The number of fused-ring (bicyclic) bond motifs is 1. The second-order valence-corrected chi connectivity index (χ2v) is 4.63. The van der Waals surface area contributed by atoms with E-state index in [9.17, 15) is 14.4 Å². The van der Waals surface area contributed by atoms with Crippen LogP contribution in [0.2, 0.25) is 0 Å². The summed E-state index contributed by atoms with van der Waals surface area (Å²) in [6.07, 6.45) is 1.14. The van der Waals surface area contributed by atoms with E-state index in [1.54, 1.807) is 24.3 Å².